The lowest BCUT2D eigenvalue weighted by molar-refractivity contribution is -0.143. The van der Waals surface area contributed by atoms with Gasteiger partial charge in [0.15, 0.2) is 5.41 Å². The molecule has 0 fully saturated rings. The van der Waals surface area contributed by atoms with Crippen LogP contribution in [0.5, 0.6) is 5.75 Å². The highest BCUT2D eigenvalue weighted by molar-refractivity contribution is 6.02. The van der Waals surface area contributed by atoms with Gasteiger partial charge in [0.05, 0.1) is 5.69 Å². The topological polar surface area (TPSA) is 76.1 Å². The van der Waals surface area contributed by atoms with Crippen LogP contribution >= 0.6 is 0 Å². The van der Waals surface area contributed by atoms with Gasteiger partial charge in [-0.25, -0.2) is 9.69 Å². The largest absolute Gasteiger partial charge is 0.480 e. The summed E-state index contributed by atoms with van der Waals surface area (Å²) in [6.45, 7) is 5.30. The molecular formula is C20H19NO5. The van der Waals surface area contributed by atoms with Gasteiger partial charge in [-0.1, -0.05) is 36.4 Å². The number of hydrogen-bond acceptors (Lipinski definition) is 4. The van der Waals surface area contributed by atoms with E-state index in [2.05, 4.69) is 0 Å². The fourth-order valence-corrected chi connectivity index (χ4v) is 3.75. The summed E-state index contributed by atoms with van der Waals surface area (Å²) in [5, 5.41) is 10.2. The molecule has 6 nitrogen and oxygen atoms in total. The van der Waals surface area contributed by atoms with Crippen molar-refractivity contribution in [2.75, 3.05) is 4.90 Å². The molecule has 6 heteroatoms. The van der Waals surface area contributed by atoms with E-state index >= 15 is 0 Å². The third-order valence-electron chi connectivity index (χ3n) is 4.67. The number of carbonyl (C=O) groups excluding carboxylic acids is 1. The van der Waals surface area contributed by atoms with Crippen molar-refractivity contribution in [1.82, 2.24) is 0 Å². The number of benzene rings is 2. The molecule has 2 aromatic carbocycles. The maximum Gasteiger partial charge on any atom is 0.417 e. The Kier molecular flexibility index (Phi) is 3.31. The molecule has 0 spiro atoms. The quantitative estimate of drug-likeness (QED) is 0.849. The molecular weight excluding hydrogens is 334 g/mol. The zero-order valence-corrected chi connectivity index (χ0v) is 14.7. The Morgan fingerprint density at radius 2 is 1.69 bits per heavy atom. The Hall–Kier alpha value is -3.02. The predicted octanol–water partition coefficient (Wildman–Crippen LogP) is 3.53. The van der Waals surface area contributed by atoms with Crippen LogP contribution in [0.3, 0.4) is 0 Å². The average Bonchev–Trinajstić information content (AvgIpc) is 3.03. The van der Waals surface area contributed by atoms with Crippen LogP contribution in [-0.4, -0.2) is 29.0 Å². The Morgan fingerprint density at radius 3 is 2.35 bits per heavy atom. The van der Waals surface area contributed by atoms with E-state index in [0.29, 0.717) is 22.6 Å². The van der Waals surface area contributed by atoms with E-state index in [1.165, 1.54) is 4.90 Å². The smallest absolute Gasteiger partial charge is 0.417 e. The number of hydrogen-bond donors (Lipinski definition) is 1. The van der Waals surface area contributed by atoms with E-state index in [1.807, 2.05) is 0 Å². The number of aliphatic carboxylic acids is 1. The molecule has 2 aromatic rings. The highest BCUT2D eigenvalue weighted by Crippen LogP contribution is 2.56. The first kappa shape index (κ1) is 16.4. The second-order valence-corrected chi connectivity index (χ2v) is 7.45. The number of fused-ring (bicyclic) bond motifs is 5. The molecule has 2 atom stereocenters. The van der Waals surface area contributed by atoms with Crippen molar-refractivity contribution in [2.24, 2.45) is 0 Å². The molecule has 4 rings (SSSR count). The normalized spacial score (nSPS) is 22.9. The summed E-state index contributed by atoms with van der Waals surface area (Å²) in [5.74, 6) is -0.603. The van der Waals surface area contributed by atoms with E-state index in [-0.39, 0.29) is 0 Å². The molecule has 26 heavy (non-hydrogen) atoms. The molecule has 1 N–H and O–H groups in total. The highest BCUT2D eigenvalue weighted by Gasteiger charge is 2.65. The second-order valence-electron chi connectivity index (χ2n) is 7.45. The van der Waals surface area contributed by atoms with Crippen molar-refractivity contribution in [3.05, 3.63) is 59.7 Å². The van der Waals surface area contributed by atoms with Gasteiger partial charge in [0, 0.05) is 11.1 Å². The number of carboxylic acids is 1. The molecule has 2 heterocycles. The predicted molar refractivity (Wildman–Crippen MR) is 94.4 cm³/mol. The Labute approximate surface area is 151 Å². The van der Waals surface area contributed by atoms with Crippen molar-refractivity contribution in [2.45, 2.75) is 38.0 Å². The third-order valence-corrected chi connectivity index (χ3v) is 4.67. The van der Waals surface area contributed by atoms with E-state index in [4.69, 9.17) is 9.47 Å². The van der Waals surface area contributed by atoms with Crippen molar-refractivity contribution in [3.63, 3.8) is 0 Å². The number of anilines is 1. The summed E-state index contributed by atoms with van der Waals surface area (Å²) in [5.41, 5.74) is -0.649. The SMILES string of the molecule is CC(C)(C)OC(=O)N1c2ccccc2[C@@]2(C(=O)O)c3ccccc3O[C@@H]12. The first-order valence-electron chi connectivity index (χ1n) is 8.38. The van der Waals surface area contributed by atoms with E-state index < -0.39 is 29.3 Å². The third kappa shape index (κ3) is 2.05. The van der Waals surface area contributed by atoms with Gasteiger partial charge >= 0.3 is 12.1 Å². The van der Waals surface area contributed by atoms with Gasteiger partial charge in [0.1, 0.15) is 11.4 Å². The van der Waals surface area contributed by atoms with Crippen LogP contribution in [-0.2, 0) is 14.9 Å². The summed E-state index contributed by atoms with van der Waals surface area (Å²) < 4.78 is 11.5. The van der Waals surface area contributed by atoms with Crippen molar-refractivity contribution < 1.29 is 24.2 Å². The number of rotatable bonds is 1. The minimum atomic E-state index is -1.48. The molecule has 0 aliphatic carbocycles. The van der Waals surface area contributed by atoms with Crippen LogP contribution < -0.4 is 9.64 Å². The highest BCUT2D eigenvalue weighted by atomic mass is 16.6. The average molecular weight is 353 g/mol. The molecule has 0 bridgehead atoms. The molecule has 0 saturated heterocycles. The van der Waals surface area contributed by atoms with Crippen LogP contribution in [0, 0.1) is 0 Å². The molecule has 2 aliphatic rings. The van der Waals surface area contributed by atoms with Gasteiger partial charge in [0.2, 0.25) is 6.23 Å². The van der Waals surface area contributed by atoms with E-state index in [1.54, 1.807) is 69.3 Å². The molecule has 2 aliphatic heterocycles. The van der Waals surface area contributed by atoms with Crippen molar-refractivity contribution in [1.29, 1.82) is 0 Å². The fraction of sp³-hybridized carbons (Fsp3) is 0.300. The number of para-hydroxylation sites is 2. The fourth-order valence-electron chi connectivity index (χ4n) is 3.75. The monoisotopic (exact) mass is 353 g/mol. The minimum Gasteiger partial charge on any atom is -0.480 e. The number of nitrogens with zero attached hydrogens (tertiary/aromatic N) is 1. The summed E-state index contributed by atoms with van der Waals surface area (Å²) in [7, 11) is 0. The maximum absolute atomic E-state index is 12.9. The zero-order chi connectivity index (χ0) is 18.7. The Balaban J connectivity index is 1.95. The van der Waals surface area contributed by atoms with Gasteiger partial charge in [0.25, 0.3) is 0 Å². The van der Waals surface area contributed by atoms with Gasteiger partial charge < -0.3 is 14.6 Å². The van der Waals surface area contributed by atoms with Crippen LogP contribution in [0.1, 0.15) is 31.9 Å². The molecule has 0 aromatic heterocycles. The Bertz CT molecular complexity index is 916. The van der Waals surface area contributed by atoms with Crippen molar-refractivity contribution >= 4 is 17.7 Å². The molecule has 134 valence electrons. The molecule has 1 amide bonds. The number of carboxylic acid groups (broad SMARTS) is 1. The first-order valence-corrected chi connectivity index (χ1v) is 8.38. The van der Waals surface area contributed by atoms with Crippen LogP contribution in [0.15, 0.2) is 48.5 Å². The molecule has 0 saturated carbocycles. The lowest BCUT2D eigenvalue weighted by atomic mass is 9.76. The van der Waals surface area contributed by atoms with E-state index in [9.17, 15) is 14.7 Å². The number of ether oxygens (including phenoxy) is 2. The van der Waals surface area contributed by atoms with Crippen molar-refractivity contribution in [3.8, 4) is 5.75 Å². The first-order chi connectivity index (χ1) is 12.3. The summed E-state index contributed by atoms with van der Waals surface area (Å²) in [6.07, 6.45) is -1.67. The standard InChI is InChI=1S/C20H19NO5/c1-19(2,3)26-18(24)21-14-10-6-4-8-12(14)20(17(22)23)13-9-5-7-11-15(13)25-16(20)21/h4-11,16H,1-3H3,(H,22,23)/t16-,20-/m1/s1. The molecule has 0 unspecified atom stereocenters. The number of amides is 1. The number of carbonyl (C=O) groups is 2. The van der Waals surface area contributed by atoms with E-state index in [0.717, 1.165) is 0 Å². The zero-order valence-electron chi connectivity index (χ0n) is 14.7. The maximum atomic E-state index is 12.9. The van der Waals surface area contributed by atoms with Gasteiger partial charge in [-0.15, -0.1) is 0 Å². The lowest BCUT2D eigenvalue weighted by Crippen LogP contribution is -2.52. The van der Waals surface area contributed by atoms with Crippen LogP contribution in [0.4, 0.5) is 10.5 Å². The summed E-state index contributed by atoms with van der Waals surface area (Å²) >= 11 is 0. The minimum absolute atomic E-state index is 0.461. The van der Waals surface area contributed by atoms with Gasteiger partial charge in [-0.2, -0.15) is 0 Å². The summed E-state index contributed by atoms with van der Waals surface area (Å²) in [4.78, 5) is 26.8. The second kappa shape index (κ2) is 5.24. The summed E-state index contributed by atoms with van der Waals surface area (Å²) in [6, 6.07) is 14.0. The Morgan fingerprint density at radius 1 is 1.08 bits per heavy atom. The van der Waals surface area contributed by atoms with Crippen LogP contribution in [0.2, 0.25) is 0 Å². The van der Waals surface area contributed by atoms with Crippen LogP contribution in [0.25, 0.3) is 0 Å². The van der Waals surface area contributed by atoms with Gasteiger partial charge in [-0.05, 0) is 32.9 Å². The van der Waals surface area contributed by atoms with Gasteiger partial charge in [-0.3, -0.25) is 4.79 Å². The molecule has 0 radical (unpaired) electrons. The lowest BCUT2D eigenvalue weighted by Gasteiger charge is -2.30.